The van der Waals surface area contributed by atoms with Gasteiger partial charge in [-0.15, -0.1) is 5.10 Å². The maximum atomic E-state index is 11.8. The van der Waals surface area contributed by atoms with E-state index in [2.05, 4.69) is 20.7 Å². The van der Waals surface area contributed by atoms with E-state index in [1.54, 1.807) is 0 Å². The fraction of sp³-hybridized carbons (Fsp3) is 0.176. The van der Waals surface area contributed by atoms with Crippen LogP contribution >= 0.6 is 23.2 Å². The second-order valence-corrected chi connectivity index (χ2v) is 6.77. The summed E-state index contributed by atoms with van der Waals surface area (Å²) in [4.78, 5) is 33.7. The largest absolute Gasteiger partial charge is 0.465 e. The maximum absolute atomic E-state index is 11.8. The zero-order valence-corrected chi connectivity index (χ0v) is 17.0. The van der Waals surface area contributed by atoms with Crippen LogP contribution in [0.4, 0.5) is 10.5 Å². The summed E-state index contributed by atoms with van der Waals surface area (Å²) in [5.41, 5.74) is 1.95. The van der Waals surface area contributed by atoms with Crippen molar-refractivity contribution in [3.63, 3.8) is 0 Å². The first-order chi connectivity index (χ1) is 14.1. The molecule has 0 saturated heterocycles. The molecule has 4 N–H and O–H groups in total. The first-order valence-electron chi connectivity index (χ1n) is 8.17. The van der Waals surface area contributed by atoms with E-state index < -0.39 is 17.7 Å². The molecule has 0 radical (unpaired) electrons. The highest BCUT2D eigenvalue weighted by Gasteiger charge is 2.16. The molecule has 0 aliphatic rings. The van der Waals surface area contributed by atoms with Crippen molar-refractivity contribution in [1.29, 1.82) is 5.26 Å². The number of amides is 2. The Labute approximate surface area is 179 Å². The molecule has 0 fully saturated rings. The van der Waals surface area contributed by atoms with E-state index in [1.807, 2.05) is 13.8 Å². The number of carboxylic acid groups (broad SMARTS) is 1. The minimum atomic E-state index is -1.63. The number of nitrogens with zero attached hydrogens (tertiary/aromatic N) is 3. The molecule has 0 bridgehead atoms. The average molecular weight is 453 g/mol. The van der Waals surface area contributed by atoms with Crippen molar-refractivity contribution in [3.8, 4) is 17.7 Å². The van der Waals surface area contributed by atoms with Crippen molar-refractivity contribution < 1.29 is 19.4 Å². The number of aromatic amines is 1. The van der Waals surface area contributed by atoms with Crippen molar-refractivity contribution in [1.82, 2.24) is 15.5 Å². The number of anilines is 1. The second-order valence-electron chi connectivity index (χ2n) is 5.96. The van der Waals surface area contributed by atoms with Crippen LogP contribution in [-0.4, -0.2) is 33.0 Å². The number of rotatable bonds is 6. The quantitative estimate of drug-likeness (QED) is 0.382. The molecule has 13 heteroatoms. The highest BCUT2D eigenvalue weighted by Crippen LogP contribution is 2.38. The topological polar surface area (TPSA) is 170 Å². The molecular formula is C17H14Cl2N6O5. The van der Waals surface area contributed by atoms with Crippen LogP contribution in [0.2, 0.25) is 10.0 Å². The molecule has 0 saturated carbocycles. The maximum Gasteiger partial charge on any atom is 0.411 e. The van der Waals surface area contributed by atoms with Crippen LogP contribution < -0.4 is 21.0 Å². The summed E-state index contributed by atoms with van der Waals surface area (Å²) in [5, 5.41) is 28.6. The Balaban J connectivity index is 2.26. The third-order valence-corrected chi connectivity index (χ3v) is 4.04. The number of H-pyrrole nitrogens is 1. The van der Waals surface area contributed by atoms with Gasteiger partial charge in [0.2, 0.25) is 11.6 Å². The van der Waals surface area contributed by atoms with E-state index in [0.717, 1.165) is 0 Å². The van der Waals surface area contributed by atoms with Crippen molar-refractivity contribution >= 4 is 46.6 Å². The fourth-order valence-corrected chi connectivity index (χ4v) is 2.68. The molecule has 0 unspecified atom stereocenters. The summed E-state index contributed by atoms with van der Waals surface area (Å²) >= 11 is 12.4. The monoisotopic (exact) mass is 452 g/mol. The van der Waals surface area contributed by atoms with E-state index in [1.165, 1.54) is 29.6 Å². The number of hydrogen-bond acceptors (Lipinski definition) is 8. The Morgan fingerprint density at radius 2 is 1.93 bits per heavy atom. The Morgan fingerprint density at radius 1 is 1.30 bits per heavy atom. The average Bonchev–Trinajstić information content (AvgIpc) is 2.65. The van der Waals surface area contributed by atoms with Gasteiger partial charge in [-0.25, -0.2) is 9.89 Å². The first kappa shape index (κ1) is 22.7. The molecular weight excluding hydrogens is 439 g/mol. The van der Waals surface area contributed by atoms with Gasteiger partial charge < -0.3 is 9.84 Å². The Kier molecular flexibility index (Phi) is 7.35. The van der Waals surface area contributed by atoms with Gasteiger partial charge in [-0.1, -0.05) is 37.0 Å². The smallest absolute Gasteiger partial charge is 0.411 e. The molecule has 1 aromatic carbocycles. The summed E-state index contributed by atoms with van der Waals surface area (Å²) in [6.07, 6.45) is -1.63. The van der Waals surface area contributed by atoms with E-state index in [0.29, 0.717) is 5.56 Å². The van der Waals surface area contributed by atoms with Crippen LogP contribution in [0, 0.1) is 11.3 Å². The highest BCUT2D eigenvalue weighted by atomic mass is 35.5. The third-order valence-electron chi connectivity index (χ3n) is 3.47. The predicted octanol–water partition coefficient (Wildman–Crippen LogP) is 3.08. The Bertz CT molecular complexity index is 1100. The lowest BCUT2D eigenvalue weighted by Gasteiger charge is -2.12. The number of hydrazone groups is 1. The molecule has 30 heavy (non-hydrogen) atoms. The normalized spacial score (nSPS) is 11.0. The van der Waals surface area contributed by atoms with Gasteiger partial charge in [0.25, 0.3) is 11.5 Å². The molecule has 2 amide bonds. The van der Waals surface area contributed by atoms with Gasteiger partial charge >= 0.3 is 6.09 Å². The van der Waals surface area contributed by atoms with E-state index in [4.69, 9.17) is 38.3 Å². The number of imide groups is 1. The summed E-state index contributed by atoms with van der Waals surface area (Å²) in [5.74, 6) is -1.16. The van der Waals surface area contributed by atoms with Crippen molar-refractivity contribution in [3.05, 3.63) is 44.2 Å². The van der Waals surface area contributed by atoms with Gasteiger partial charge in [-0.3, -0.25) is 20.3 Å². The number of nitriles is 1. The summed E-state index contributed by atoms with van der Waals surface area (Å²) in [6, 6.07) is 5.60. The summed E-state index contributed by atoms with van der Waals surface area (Å²) in [7, 11) is 0. The zero-order chi connectivity index (χ0) is 22.4. The molecule has 2 rings (SSSR count). The van der Waals surface area contributed by atoms with E-state index >= 15 is 0 Å². The molecule has 0 aliphatic carbocycles. The molecule has 0 spiro atoms. The van der Waals surface area contributed by atoms with Crippen LogP contribution in [0.15, 0.2) is 28.1 Å². The molecule has 1 aromatic heterocycles. The highest BCUT2D eigenvalue weighted by molar-refractivity contribution is 6.46. The predicted molar refractivity (Wildman–Crippen MR) is 108 cm³/mol. The van der Waals surface area contributed by atoms with Gasteiger partial charge in [0.15, 0.2) is 5.75 Å². The molecule has 2 aromatic rings. The number of carbonyl (C=O) groups is 2. The number of hydrogen-bond donors (Lipinski definition) is 4. The van der Waals surface area contributed by atoms with Gasteiger partial charge in [0.1, 0.15) is 6.07 Å². The fourth-order valence-electron chi connectivity index (χ4n) is 2.11. The van der Waals surface area contributed by atoms with Crippen LogP contribution in [0.5, 0.6) is 11.6 Å². The van der Waals surface area contributed by atoms with E-state index in [9.17, 15) is 14.4 Å². The van der Waals surface area contributed by atoms with Crippen molar-refractivity contribution in [2.45, 2.75) is 19.8 Å². The first-order valence-corrected chi connectivity index (χ1v) is 8.92. The number of aromatic nitrogens is 2. The SMILES string of the molecule is CC(C)c1cc(Oc2c(Cl)cc(N/N=C(\C#N)C(=O)NC(=O)O)cc2Cl)n[nH]c1=O. The van der Waals surface area contributed by atoms with Gasteiger partial charge in [-0.05, 0) is 18.1 Å². The lowest BCUT2D eigenvalue weighted by Crippen LogP contribution is -2.34. The molecule has 156 valence electrons. The lowest BCUT2D eigenvalue weighted by molar-refractivity contribution is -0.114. The Hall–Kier alpha value is -3.62. The van der Waals surface area contributed by atoms with Crippen molar-refractivity contribution in [2.24, 2.45) is 5.10 Å². The van der Waals surface area contributed by atoms with Gasteiger partial charge in [0.05, 0.1) is 15.7 Å². The van der Waals surface area contributed by atoms with Crippen LogP contribution in [0.3, 0.4) is 0 Å². The van der Waals surface area contributed by atoms with Crippen molar-refractivity contribution in [2.75, 3.05) is 5.43 Å². The van der Waals surface area contributed by atoms with Gasteiger partial charge in [-0.2, -0.15) is 10.4 Å². The van der Waals surface area contributed by atoms with E-state index in [-0.39, 0.29) is 38.8 Å². The minimum absolute atomic E-state index is 0.0350. The number of halogens is 2. The zero-order valence-electron chi connectivity index (χ0n) is 15.5. The van der Waals surface area contributed by atoms with Crippen LogP contribution in [0.1, 0.15) is 25.3 Å². The van der Waals surface area contributed by atoms with Crippen LogP contribution in [0.25, 0.3) is 0 Å². The standard InChI is InChI=1S/C17H14Cl2N6O5/c1-7(2)9-5-13(24-25-15(9)26)30-14-10(18)3-8(4-11(14)19)22-23-12(6-20)16(27)21-17(28)29/h3-5,7,22H,1-2H3,(H,21,27)(H,25,26)(H,28,29)/b23-12+. The summed E-state index contributed by atoms with van der Waals surface area (Å²) in [6.45, 7) is 3.67. The second kappa shape index (κ2) is 9.73. The number of nitrogens with one attached hydrogen (secondary N) is 3. The summed E-state index contributed by atoms with van der Waals surface area (Å²) < 4.78 is 5.58. The third kappa shape index (κ3) is 5.69. The Morgan fingerprint density at radius 3 is 2.47 bits per heavy atom. The number of benzene rings is 1. The minimum Gasteiger partial charge on any atom is -0.465 e. The number of ether oxygens (including phenoxy) is 1. The molecule has 0 aliphatic heterocycles. The number of carbonyl (C=O) groups excluding carboxylic acids is 1. The lowest BCUT2D eigenvalue weighted by atomic mass is 10.1. The molecule has 0 atom stereocenters. The van der Waals surface area contributed by atoms with Crippen LogP contribution in [-0.2, 0) is 4.79 Å². The van der Waals surface area contributed by atoms with Gasteiger partial charge in [0, 0.05) is 11.6 Å². The molecule has 11 nitrogen and oxygen atoms in total. The molecule has 1 heterocycles.